The van der Waals surface area contributed by atoms with Crippen LogP contribution < -0.4 is 4.90 Å². The summed E-state index contributed by atoms with van der Waals surface area (Å²) in [5, 5.41) is 0. The summed E-state index contributed by atoms with van der Waals surface area (Å²) in [6, 6.07) is 25.4. The van der Waals surface area contributed by atoms with E-state index in [0.29, 0.717) is 0 Å². The summed E-state index contributed by atoms with van der Waals surface area (Å²) in [6.45, 7) is 2.16. The van der Waals surface area contributed by atoms with E-state index in [4.69, 9.17) is 0 Å². The Balaban J connectivity index is 1.79. The van der Waals surface area contributed by atoms with Gasteiger partial charge in [0, 0.05) is 0 Å². The minimum Gasteiger partial charge on any atom is -0.262 e. The quantitative estimate of drug-likeness (QED) is 0.464. The van der Waals surface area contributed by atoms with Crippen LogP contribution in [0.5, 0.6) is 0 Å². The molecule has 0 saturated carbocycles. The third-order valence-electron chi connectivity index (χ3n) is 4.60. The highest BCUT2D eigenvalue weighted by Crippen LogP contribution is 2.28. The van der Waals surface area contributed by atoms with E-state index in [9.17, 15) is 4.79 Å². The van der Waals surface area contributed by atoms with Gasteiger partial charge in [-0.15, -0.1) is 0 Å². The van der Waals surface area contributed by atoms with Crippen molar-refractivity contribution in [2.45, 2.75) is 19.8 Å². The normalized spacial score (nSPS) is 10.9. The van der Waals surface area contributed by atoms with Gasteiger partial charge >= 0.3 is 6.03 Å². The molecule has 4 rings (SSSR count). The van der Waals surface area contributed by atoms with Crippen molar-refractivity contribution in [3.05, 3.63) is 90.8 Å². The molecule has 27 heavy (non-hydrogen) atoms. The maximum atomic E-state index is 13.5. The van der Waals surface area contributed by atoms with Gasteiger partial charge in [-0.05, 0) is 48.4 Å². The van der Waals surface area contributed by atoms with Crippen LogP contribution >= 0.6 is 0 Å². The number of anilines is 2. The van der Waals surface area contributed by atoms with Gasteiger partial charge in [-0.3, -0.25) is 4.90 Å². The molecule has 1 amide bonds. The van der Waals surface area contributed by atoms with Crippen molar-refractivity contribution in [1.82, 2.24) is 9.55 Å². The summed E-state index contributed by atoms with van der Waals surface area (Å²) in [5.74, 6) is 0. The lowest BCUT2D eigenvalue weighted by Gasteiger charge is -2.23. The molecule has 0 saturated heterocycles. The van der Waals surface area contributed by atoms with E-state index in [1.54, 1.807) is 15.8 Å². The highest BCUT2D eigenvalue weighted by molar-refractivity contribution is 6.04. The molecule has 0 aliphatic rings. The molecular weight excluding hydrogens is 334 g/mol. The first-order valence-corrected chi connectivity index (χ1v) is 9.18. The summed E-state index contributed by atoms with van der Waals surface area (Å²) >= 11 is 0. The molecule has 0 radical (unpaired) electrons. The van der Waals surface area contributed by atoms with Crippen LogP contribution in [-0.4, -0.2) is 15.6 Å². The van der Waals surface area contributed by atoms with E-state index >= 15 is 0 Å². The van der Waals surface area contributed by atoms with Gasteiger partial charge in [-0.2, -0.15) is 0 Å². The maximum absolute atomic E-state index is 13.5. The highest BCUT2D eigenvalue weighted by atomic mass is 16.2. The second kappa shape index (κ2) is 7.46. The number of hydrogen-bond donors (Lipinski definition) is 0. The highest BCUT2D eigenvalue weighted by Gasteiger charge is 2.21. The molecule has 134 valence electrons. The molecule has 0 unspecified atom stereocenters. The van der Waals surface area contributed by atoms with Crippen LogP contribution in [0.15, 0.2) is 85.2 Å². The van der Waals surface area contributed by atoms with Crippen LogP contribution in [0.2, 0.25) is 0 Å². The van der Waals surface area contributed by atoms with Crippen molar-refractivity contribution in [1.29, 1.82) is 0 Å². The first-order chi connectivity index (χ1) is 13.3. The van der Waals surface area contributed by atoms with Gasteiger partial charge in [0.25, 0.3) is 0 Å². The zero-order valence-corrected chi connectivity index (χ0v) is 15.2. The molecule has 0 aliphatic heterocycles. The SMILES string of the molecule is CCCc1ccc(N(C(=O)n2cnc3ccccc32)c2ccccc2)cc1. The number of para-hydroxylation sites is 3. The van der Waals surface area contributed by atoms with Crippen molar-refractivity contribution in [3.63, 3.8) is 0 Å². The molecule has 0 aliphatic carbocycles. The summed E-state index contributed by atoms with van der Waals surface area (Å²) < 4.78 is 1.60. The predicted molar refractivity (Wildman–Crippen MR) is 110 cm³/mol. The van der Waals surface area contributed by atoms with Crippen molar-refractivity contribution < 1.29 is 4.79 Å². The minimum atomic E-state index is -0.154. The zero-order valence-electron chi connectivity index (χ0n) is 15.2. The standard InChI is InChI=1S/C23H21N3O/c1-2-8-18-13-15-20(16-14-18)26(19-9-4-3-5-10-19)23(27)25-17-24-21-11-6-7-12-22(21)25/h3-7,9-17H,2,8H2,1H3. The van der Waals surface area contributed by atoms with Gasteiger partial charge in [-0.25, -0.2) is 14.3 Å². The van der Waals surface area contributed by atoms with Crippen LogP contribution in [0.1, 0.15) is 18.9 Å². The first kappa shape index (κ1) is 17.0. The number of carbonyl (C=O) groups is 1. The van der Waals surface area contributed by atoms with E-state index < -0.39 is 0 Å². The molecule has 0 atom stereocenters. The molecule has 0 spiro atoms. The molecule has 4 heteroatoms. The fourth-order valence-corrected chi connectivity index (χ4v) is 3.27. The van der Waals surface area contributed by atoms with Gasteiger partial charge in [0.15, 0.2) is 0 Å². The van der Waals surface area contributed by atoms with Gasteiger partial charge in [-0.1, -0.05) is 55.8 Å². The number of hydrogen-bond acceptors (Lipinski definition) is 2. The molecule has 4 nitrogen and oxygen atoms in total. The number of rotatable bonds is 4. The number of fused-ring (bicyclic) bond motifs is 1. The Morgan fingerprint density at radius 3 is 2.30 bits per heavy atom. The topological polar surface area (TPSA) is 38.1 Å². The number of amides is 1. The average molecular weight is 355 g/mol. The van der Waals surface area contributed by atoms with Crippen molar-refractivity contribution in [2.75, 3.05) is 4.90 Å². The molecule has 4 aromatic rings. The average Bonchev–Trinajstić information content (AvgIpc) is 3.15. The number of benzene rings is 3. The fraction of sp³-hybridized carbons (Fsp3) is 0.130. The van der Waals surface area contributed by atoms with Crippen LogP contribution in [0, 0.1) is 0 Å². The van der Waals surface area contributed by atoms with E-state index in [2.05, 4.69) is 24.0 Å². The van der Waals surface area contributed by atoms with Crippen LogP contribution in [-0.2, 0) is 6.42 Å². The minimum absolute atomic E-state index is 0.154. The monoisotopic (exact) mass is 355 g/mol. The fourth-order valence-electron chi connectivity index (χ4n) is 3.27. The number of aromatic nitrogens is 2. The predicted octanol–water partition coefficient (Wildman–Crippen LogP) is 5.80. The van der Waals surface area contributed by atoms with Crippen LogP contribution in [0.4, 0.5) is 16.2 Å². The smallest absolute Gasteiger partial charge is 0.262 e. The molecule has 1 heterocycles. The Hall–Kier alpha value is -3.40. The largest absolute Gasteiger partial charge is 0.339 e. The number of carbonyl (C=O) groups excluding carboxylic acids is 1. The van der Waals surface area contributed by atoms with Crippen molar-refractivity contribution in [3.8, 4) is 0 Å². The molecule has 0 bridgehead atoms. The number of imidazole rings is 1. The molecule has 3 aromatic carbocycles. The van der Waals surface area contributed by atoms with E-state index in [1.165, 1.54) is 5.56 Å². The van der Waals surface area contributed by atoms with Crippen LogP contribution in [0.25, 0.3) is 11.0 Å². The lowest BCUT2D eigenvalue weighted by atomic mass is 10.1. The van der Waals surface area contributed by atoms with Gasteiger partial charge in [0.2, 0.25) is 0 Å². The summed E-state index contributed by atoms with van der Waals surface area (Å²) in [5.41, 5.74) is 4.53. The second-order valence-corrected chi connectivity index (χ2v) is 6.47. The number of aryl methyl sites for hydroxylation is 1. The summed E-state index contributed by atoms with van der Waals surface area (Å²) in [6.07, 6.45) is 3.72. The Labute approximate surface area is 158 Å². The first-order valence-electron chi connectivity index (χ1n) is 9.18. The van der Waals surface area contributed by atoms with E-state index in [-0.39, 0.29) is 6.03 Å². The Bertz CT molecular complexity index is 1050. The summed E-state index contributed by atoms with van der Waals surface area (Å²) in [7, 11) is 0. The van der Waals surface area contributed by atoms with Gasteiger partial charge in [0.1, 0.15) is 6.33 Å². The second-order valence-electron chi connectivity index (χ2n) is 6.47. The Kier molecular flexibility index (Phi) is 4.71. The zero-order chi connectivity index (χ0) is 18.6. The Morgan fingerprint density at radius 1 is 0.889 bits per heavy atom. The Morgan fingerprint density at radius 2 is 1.56 bits per heavy atom. The van der Waals surface area contributed by atoms with E-state index in [1.807, 2.05) is 66.7 Å². The molecular formula is C23H21N3O. The van der Waals surface area contributed by atoms with Gasteiger partial charge < -0.3 is 0 Å². The van der Waals surface area contributed by atoms with Crippen molar-refractivity contribution >= 4 is 28.4 Å². The molecule has 0 N–H and O–H groups in total. The lowest BCUT2D eigenvalue weighted by molar-refractivity contribution is 0.250. The van der Waals surface area contributed by atoms with E-state index in [0.717, 1.165) is 35.2 Å². The molecule has 1 aromatic heterocycles. The number of nitrogens with zero attached hydrogens (tertiary/aromatic N) is 3. The maximum Gasteiger partial charge on any atom is 0.339 e. The summed E-state index contributed by atoms with van der Waals surface area (Å²) in [4.78, 5) is 19.6. The lowest BCUT2D eigenvalue weighted by Crippen LogP contribution is -2.30. The van der Waals surface area contributed by atoms with Gasteiger partial charge in [0.05, 0.1) is 22.4 Å². The third kappa shape index (κ3) is 3.34. The van der Waals surface area contributed by atoms with Crippen LogP contribution in [0.3, 0.4) is 0 Å². The third-order valence-corrected chi connectivity index (χ3v) is 4.60. The molecule has 0 fully saturated rings. The van der Waals surface area contributed by atoms with Crippen molar-refractivity contribution in [2.24, 2.45) is 0 Å².